The normalized spacial score (nSPS) is 12.7. The fourth-order valence-electron chi connectivity index (χ4n) is 4.75. The van der Waals surface area contributed by atoms with Crippen molar-refractivity contribution in [3.63, 3.8) is 0 Å². The van der Waals surface area contributed by atoms with Crippen LogP contribution in [0.5, 0.6) is 0 Å². The Hall–Kier alpha value is -4.77. The number of hydrogen-bond acceptors (Lipinski definition) is 3. The summed E-state index contributed by atoms with van der Waals surface area (Å²) in [7, 11) is 0. The highest BCUT2D eigenvalue weighted by atomic mass is 16.3. The lowest BCUT2D eigenvalue weighted by Crippen LogP contribution is -2.38. The molecule has 5 heteroatoms. The molecule has 4 aromatic carbocycles. The van der Waals surface area contributed by atoms with E-state index in [1.165, 1.54) is 0 Å². The van der Waals surface area contributed by atoms with Crippen molar-refractivity contribution < 1.29 is 10.2 Å². The van der Waals surface area contributed by atoms with Crippen LogP contribution in [0.25, 0.3) is 11.5 Å². The first kappa shape index (κ1) is 24.9. The molecule has 5 nitrogen and oxygen atoms in total. The number of benzene rings is 4. The van der Waals surface area contributed by atoms with Crippen LogP contribution in [0.1, 0.15) is 22.3 Å². The lowest BCUT2D eigenvalue weighted by molar-refractivity contribution is 0.469. The number of rotatable bonds is 8. The third kappa shape index (κ3) is 5.62. The standard InChI is InChI=1S/C33H30N2O3/c36-29(21-25-13-5-1-6-14-25)31-32(30(37)22-26-15-7-2-8-16-26)35(24-28-19-11-4-12-20-28)33(38)34(31)23-27-17-9-3-10-18-27/h1-20,36-37H,21-24H2. The third-order valence-electron chi connectivity index (χ3n) is 6.57. The van der Waals surface area contributed by atoms with Crippen LogP contribution in [0.2, 0.25) is 0 Å². The second-order valence-corrected chi connectivity index (χ2v) is 9.34. The number of aliphatic hydroxyl groups excluding tert-OH is 2. The molecule has 0 atom stereocenters. The predicted octanol–water partition coefficient (Wildman–Crippen LogP) is 4.56. The Balaban J connectivity index is 1.79. The van der Waals surface area contributed by atoms with Crippen LogP contribution in [0.3, 0.4) is 0 Å². The smallest absolute Gasteiger partial charge is 0.329 e. The minimum absolute atomic E-state index is 0.0330. The summed E-state index contributed by atoms with van der Waals surface area (Å²) in [4.78, 5) is 14.0. The molecule has 0 fully saturated rings. The summed E-state index contributed by atoms with van der Waals surface area (Å²) in [6, 6.07) is 38.6. The number of aliphatic hydroxyl groups is 2. The highest BCUT2D eigenvalue weighted by Gasteiger charge is 2.18. The molecule has 0 saturated heterocycles. The second kappa shape index (κ2) is 11.5. The summed E-state index contributed by atoms with van der Waals surface area (Å²) in [5, 5.41) is 23.8. The molecule has 0 aliphatic carbocycles. The van der Waals surface area contributed by atoms with E-state index in [0.29, 0.717) is 10.7 Å². The van der Waals surface area contributed by atoms with Gasteiger partial charge in [0.2, 0.25) is 0 Å². The Morgan fingerprint density at radius 1 is 0.474 bits per heavy atom. The van der Waals surface area contributed by atoms with E-state index in [9.17, 15) is 15.0 Å². The topological polar surface area (TPSA) is 67.4 Å². The van der Waals surface area contributed by atoms with Crippen LogP contribution < -0.4 is 16.4 Å². The zero-order chi connectivity index (χ0) is 26.3. The van der Waals surface area contributed by atoms with Crippen LogP contribution >= 0.6 is 0 Å². The average molecular weight is 503 g/mol. The van der Waals surface area contributed by atoms with Crippen LogP contribution in [0.4, 0.5) is 0 Å². The van der Waals surface area contributed by atoms with E-state index >= 15 is 0 Å². The molecule has 0 spiro atoms. The maximum atomic E-state index is 14.0. The minimum atomic E-state index is -0.290. The zero-order valence-corrected chi connectivity index (χ0v) is 21.1. The molecule has 5 aromatic rings. The monoisotopic (exact) mass is 502 g/mol. The lowest BCUT2D eigenvalue weighted by Gasteiger charge is -2.07. The average Bonchev–Trinajstić information content (AvgIpc) is 3.22. The summed E-state index contributed by atoms with van der Waals surface area (Å²) in [5.41, 5.74) is 3.38. The van der Waals surface area contributed by atoms with Crippen molar-refractivity contribution >= 4 is 11.5 Å². The molecule has 0 bridgehead atoms. The third-order valence-corrected chi connectivity index (χ3v) is 6.57. The van der Waals surface area contributed by atoms with Gasteiger partial charge in [-0.3, -0.25) is 9.13 Å². The summed E-state index contributed by atoms with van der Waals surface area (Å²) in [6.07, 6.45) is 0.464. The van der Waals surface area contributed by atoms with Gasteiger partial charge in [0.25, 0.3) is 0 Å². The first-order valence-corrected chi connectivity index (χ1v) is 12.7. The fourth-order valence-corrected chi connectivity index (χ4v) is 4.75. The molecular formula is C33H30N2O3. The van der Waals surface area contributed by atoms with Crippen LogP contribution in [-0.2, 0) is 25.9 Å². The number of imidazole rings is 1. The first-order chi connectivity index (χ1) is 18.6. The van der Waals surface area contributed by atoms with Crippen LogP contribution in [0.15, 0.2) is 126 Å². The van der Waals surface area contributed by atoms with Gasteiger partial charge < -0.3 is 10.2 Å². The molecule has 0 unspecified atom stereocenters. The van der Waals surface area contributed by atoms with Gasteiger partial charge in [-0.25, -0.2) is 4.79 Å². The molecule has 1 aromatic heterocycles. The minimum Gasteiger partial charge on any atom is -0.510 e. The van der Waals surface area contributed by atoms with Crippen molar-refractivity contribution in [3.8, 4) is 0 Å². The van der Waals surface area contributed by atoms with Crippen molar-refractivity contribution in [2.24, 2.45) is 0 Å². The molecule has 1 heterocycles. The molecular weight excluding hydrogens is 472 g/mol. The van der Waals surface area contributed by atoms with Crippen molar-refractivity contribution in [3.05, 3.63) is 165 Å². The maximum Gasteiger partial charge on any atom is 0.329 e. The molecule has 0 aliphatic rings. The molecule has 190 valence electrons. The van der Waals surface area contributed by atoms with E-state index in [1.807, 2.05) is 121 Å². The van der Waals surface area contributed by atoms with Crippen molar-refractivity contribution in [1.29, 1.82) is 0 Å². The van der Waals surface area contributed by atoms with Crippen LogP contribution in [-0.4, -0.2) is 19.3 Å². The van der Waals surface area contributed by atoms with E-state index in [-0.39, 0.29) is 43.1 Å². The van der Waals surface area contributed by atoms with Crippen molar-refractivity contribution in [1.82, 2.24) is 9.13 Å². The molecule has 2 N–H and O–H groups in total. The van der Waals surface area contributed by atoms with E-state index < -0.39 is 0 Å². The number of nitrogens with zero attached hydrogens (tertiary/aromatic N) is 2. The molecule has 5 rings (SSSR count). The summed E-state index contributed by atoms with van der Waals surface area (Å²) < 4.78 is 3.15. The Labute approximate surface area is 221 Å². The molecule has 0 aliphatic heterocycles. The Morgan fingerprint density at radius 3 is 1.08 bits per heavy atom. The Bertz CT molecular complexity index is 1550. The highest BCUT2D eigenvalue weighted by Crippen LogP contribution is 2.08. The summed E-state index contributed by atoms with van der Waals surface area (Å²) >= 11 is 0. The largest absolute Gasteiger partial charge is 0.510 e. The van der Waals surface area contributed by atoms with Gasteiger partial charge in [0.15, 0.2) is 0 Å². The highest BCUT2D eigenvalue weighted by molar-refractivity contribution is 5.45. The van der Waals surface area contributed by atoms with Crippen molar-refractivity contribution in [2.45, 2.75) is 25.9 Å². The zero-order valence-electron chi connectivity index (χ0n) is 21.1. The van der Waals surface area contributed by atoms with Gasteiger partial charge in [-0.1, -0.05) is 121 Å². The van der Waals surface area contributed by atoms with Gasteiger partial charge >= 0.3 is 5.69 Å². The van der Waals surface area contributed by atoms with Crippen LogP contribution in [0, 0.1) is 0 Å². The summed E-state index contributed by atoms with van der Waals surface area (Å²) in [6.45, 7) is 0.530. The van der Waals surface area contributed by atoms with Gasteiger partial charge in [-0.05, 0) is 22.3 Å². The van der Waals surface area contributed by atoms with E-state index in [0.717, 1.165) is 22.3 Å². The predicted molar refractivity (Wildman–Crippen MR) is 151 cm³/mol. The fraction of sp³-hybridized carbons (Fsp3) is 0.121. The summed E-state index contributed by atoms with van der Waals surface area (Å²) in [5.74, 6) is 0.0660. The second-order valence-electron chi connectivity index (χ2n) is 9.34. The SMILES string of the molecule is O=c1n(Cc2ccccc2)c(=C(O)Cc2ccccc2)c(=C(O)Cc2ccccc2)n1Cc1ccccc1. The lowest BCUT2D eigenvalue weighted by atomic mass is 10.1. The molecule has 0 radical (unpaired) electrons. The maximum absolute atomic E-state index is 14.0. The molecule has 38 heavy (non-hydrogen) atoms. The van der Waals surface area contributed by atoms with Crippen molar-refractivity contribution in [2.75, 3.05) is 0 Å². The number of aromatic nitrogens is 2. The van der Waals surface area contributed by atoms with Gasteiger partial charge in [0, 0.05) is 12.8 Å². The van der Waals surface area contributed by atoms with E-state index in [4.69, 9.17) is 0 Å². The van der Waals surface area contributed by atoms with Gasteiger partial charge in [0.1, 0.15) is 22.2 Å². The van der Waals surface area contributed by atoms with Gasteiger partial charge in [0.05, 0.1) is 13.1 Å². The van der Waals surface area contributed by atoms with Gasteiger partial charge in [-0.2, -0.15) is 0 Å². The molecule has 0 amide bonds. The van der Waals surface area contributed by atoms with E-state index in [1.54, 1.807) is 9.13 Å². The quantitative estimate of drug-likeness (QED) is 0.327. The molecule has 0 saturated carbocycles. The Morgan fingerprint density at radius 2 is 0.763 bits per heavy atom. The number of hydrogen-bond donors (Lipinski definition) is 2. The van der Waals surface area contributed by atoms with E-state index in [2.05, 4.69) is 0 Å². The first-order valence-electron chi connectivity index (χ1n) is 12.7. The van der Waals surface area contributed by atoms with Gasteiger partial charge in [-0.15, -0.1) is 0 Å². The Kier molecular flexibility index (Phi) is 7.55.